The number of nitrogens with zero attached hydrogens (tertiary/aromatic N) is 1. The van der Waals surface area contributed by atoms with Crippen molar-refractivity contribution in [2.45, 2.75) is 69.4 Å². The molecule has 2 heterocycles. The summed E-state index contributed by atoms with van der Waals surface area (Å²) in [7, 11) is 1.49. The Balaban J connectivity index is 1.56. The van der Waals surface area contributed by atoms with Gasteiger partial charge in [0.1, 0.15) is 12.2 Å². The van der Waals surface area contributed by atoms with E-state index in [1.165, 1.54) is 13.4 Å². The quantitative estimate of drug-likeness (QED) is 0.359. The van der Waals surface area contributed by atoms with E-state index in [4.69, 9.17) is 13.9 Å². The van der Waals surface area contributed by atoms with Crippen LogP contribution in [0.25, 0.3) is 0 Å². The third kappa shape index (κ3) is 5.41. The van der Waals surface area contributed by atoms with Gasteiger partial charge >= 0.3 is 0 Å². The standard InChI is InChI=1S/C29H36N2O8/c1-37-23-11-19(15-33)10-20-25-21(29(36)30-7-8-32)13-22(26(35)28(25)39-27(20)23)31(14-18-6-9-38-16-18)24(34)12-17-4-2-3-5-17/h6,9-11,13,16-17,22,25-26,28,32-33,35H,2-5,7-8,12,14-15H2,1H3,(H,30,36). The molecule has 2 aromatic rings. The number of nitrogens with one attached hydrogen (secondary N) is 1. The molecule has 2 amide bonds. The number of carbonyl (C=O) groups is 2. The van der Waals surface area contributed by atoms with Gasteiger partial charge in [-0.2, -0.15) is 0 Å². The number of methoxy groups -OCH3 is 1. The first-order valence-corrected chi connectivity index (χ1v) is 13.5. The Bertz CT molecular complexity index is 1200. The molecule has 1 fully saturated rings. The number of benzene rings is 1. The van der Waals surface area contributed by atoms with Gasteiger partial charge in [-0.3, -0.25) is 9.59 Å². The molecule has 10 nitrogen and oxygen atoms in total. The molecule has 1 aromatic carbocycles. The van der Waals surface area contributed by atoms with Crippen LogP contribution in [0, 0.1) is 5.92 Å². The minimum Gasteiger partial charge on any atom is -0.493 e. The van der Waals surface area contributed by atoms with Crippen molar-refractivity contribution < 1.29 is 38.8 Å². The van der Waals surface area contributed by atoms with Gasteiger partial charge in [-0.25, -0.2) is 0 Å². The zero-order valence-corrected chi connectivity index (χ0v) is 22.0. The van der Waals surface area contributed by atoms with Crippen LogP contribution in [0.3, 0.4) is 0 Å². The lowest BCUT2D eigenvalue weighted by molar-refractivity contribution is -0.139. The molecule has 0 bridgehead atoms. The summed E-state index contributed by atoms with van der Waals surface area (Å²) in [6.07, 6.45) is 7.30. The first kappa shape index (κ1) is 27.2. The van der Waals surface area contributed by atoms with Crippen molar-refractivity contribution in [3.05, 3.63) is 59.1 Å². The van der Waals surface area contributed by atoms with Crippen molar-refractivity contribution in [1.29, 1.82) is 0 Å². The summed E-state index contributed by atoms with van der Waals surface area (Å²) >= 11 is 0. The summed E-state index contributed by atoms with van der Waals surface area (Å²) in [5.41, 5.74) is 2.29. The molecule has 4 N–H and O–H groups in total. The van der Waals surface area contributed by atoms with Gasteiger partial charge in [-0.05, 0) is 48.6 Å². The van der Waals surface area contributed by atoms with E-state index >= 15 is 0 Å². The first-order valence-electron chi connectivity index (χ1n) is 13.5. The molecule has 1 aromatic heterocycles. The molecule has 3 aliphatic rings. The third-order valence-electron chi connectivity index (χ3n) is 8.05. The van der Waals surface area contributed by atoms with Crippen LogP contribution in [-0.2, 0) is 22.7 Å². The molecular formula is C29H36N2O8. The summed E-state index contributed by atoms with van der Waals surface area (Å²) in [4.78, 5) is 28.8. The average molecular weight is 541 g/mol. The molecule has 1 saturated carbocycles. The van der Waals surface area contributed by atoms with Crippen molar-refractivity contribution in [2.24, 2.45) is 5.92 Å². The number of aliphatic hydroxyl groups excluding tert-OH is 3. The van der Waals surface area contributed by atoms with E-state index < -0.39 is 30.1 Å². The molecule has 210 valence electrons. The van der Waals surface area contributed by atoms with Crippen molar-refractivity contribution in [3.63, 3.8) is 0 Å². The Kier molecular flexibility index (Phi) is 8.25. The largest absolute Gasteiger partial charge is 0.493 e. The lowest BCUT2D eigenvalue weighted by Crippen LogP contribution is -2.55. The zero-order chi connectivity index (χ0) is 27.5. The number of aliphatic hydroxyl groups is 3. The predicted octanol–water partition coefficient (Wildman–Crippen LogP) is 2.01. The highest BCUT2D eigenvalue weighted by molar-refractivity contribution is 5.96. The lowest BCUT2D eigenvalue weighted by atomic mass is 9.77. The van der Waals surface area contributed by atoms with Gasteiger partial charge in [-0.15, -0.1) is 0 Å². The Morgan fingerprint density at radius 3 is 2.64 bits per heavy atom. The number of furan rings is 1. The normalized spacial score (nSPS) is 23.9. The van der Waals surface area contributed by atoms with Gasteiger partial charge in [0.2, 0.25) is 11.8 Å². The number of fused-ring (bicyclic) bond motifs is 3. The summed E-state index contributed by atoms with van der Waals surface area (Å²) in [6.45, 7) is -0.223. The number of hydrogen-bond acceptors (Lipinski definition) is 8. The fourth-order valence-electron chi connectivity index (χ4n) is 6.14. The predicted molar refractivity (Wildman–Crippen MR) is 140 cm³/mol. The van der Waals surface area contributed by atoms with Crippen LogP contribution in [0.2, 0.25) is 0 Å². The van der Waals surface area contributed by atoms with Crippen molar-refractivity contribution >= 4 is 11.8 Å². The third-order valence-corrected chi connectivity index (χ3v) is 8.05. The number of rotatable bonds is 10. The van der Waals surface area contributed by atoms with Gasteiger partial charge in [0.15, 0.2) is 11.5 Å². The second-order valence-electron chi connectivity index (χ2n) is 10.5. The van der Waals surface area contributed by atoms with Gasteiger partial charge in [0.25, 0.3) is 0 Å². The van der Waals surface area contributed by atoms with Crippen LogP contribution in [0.4, 0.5) is 0 Å². The Morgan fingerprint density at radius 2 is 1.97 bits per heavy atom. The van der Waals surface area contributed by atoms with Crippen LogP contribution < -0.4 is 14.8 Å². The minimum absolute atomic E-state index is 0.0494. The highest BCUT2D eigenvalue weighted by Crippen LogP contribution is 2.51. The zero-order valence-electron chi connectivity index (χ0n) is 22.0. The van der Waals surface area contributed by atoms with Gasteiger partial charge in [0.05, 0.1) is 44.8 Å². The van der Waals surface area contributed by atoms with Crippen molar-refractivity contribution in [3.8, 4) is 11.5 Å². The highest BCUT2D eigenvalue weighted by Gasteiger charge is 2.51. The average Bonchev–Trinajstić information content (AvgIpc) is 3.72. The topological polar surface area (TPSA) is 142 Å². The molecule has 4 atom stereocenters. The van der Waals surface area contributed by atoms with Crippen LogP contribution >= 0.6 is 0 Å². The van der Waals surface area contributed by atoms with Gasteiger partial charge in [0, 0.05) is 36.2 Å². The number of carbonyl (C=O) groups excluding carboxylic acids is 2. The molecule has 4 unspecified atom stereocenters. The summed E-state index contributed by atoms with van der Waals surface area (Å²) in [5, 5.41) is 33.6. The number of amides is 2. The maximum Gasteiger partial charge on any atom is 0.247 e. The lowest BCUT2D eigenvalue weighted by Gasteiger charge is -2.41. The van der Waals surface area contributed by atoms with Crippen molar-refractivity contribution in [1.82, 2.24) is 10.2 Å². The van der Waals surface area contributed by atoms with Gasteiger partial charge in [-0.1, -0.05) is 12.8 Å². The first-order chi connectivity index (χ1) is 18.9. The van der Waals surface area contributed by atoms with E-state index in [0.717, 1.165) is 31.2 Å². The van der Waals surface area contributed by atoms with E-state index in [-0.39, 0.29) is 32.2 Å². The summed E-state index contributed by atoms with van der Waals surface area (Å²) in [6, 6.07) is 4.33. The Morgan fingerprint density at radius 1 is 1.18 bits per heavy atom. The molecule has 39 heavy (non-hydrogen) atoms. The second kappa shape index (κ2) is 11.8. The molecular weight excluding hydrogens is 504 g/mol. The van der Waals surface area contributed by atoms with Gasteiger partial charge < -0.3 is 39.4 Å². The van der Waals surface area contributed by atoms with E-state index in [9.17, 15) is 24.9 Å². The fourth-order valence-corrected chi connectivity index (χ4v) is 6.14. The molecule has 2 aliphatic carbocycles. The number of ether oxygens (including phenoxy) is 2. The smallest absolute Gasteiger partial charge is 0.247 e. The van der Waals surface area contributed by atoms with Crippen LogP contribution in [0.5, 0.6) is 11.5 Å². The molecule has 10 heteroatoms. The van der Waals surface area contributed by atoms with Crippen LogP contribution in [-0.4, -0.2) is 70.5 Å². The van der Waals surface area contributed by atoms with E-state index in [0.29, 0.717) is 40.5 Å². The van der Waals surface area contributed by atoms with Crippen LogP contribution in [0.1, 0.15) is 54.7 Å². The van der Waals surface area contributed by atoms with Crippen LogP contribution in [0.15, 0.2) is 46.8 Å². The van der Waals surface area contributed by atoms with Crippen molar-refractivity contribution in [2.75, 3.05) is 20.3 Å². The van der Waals surface area contributed by atoms with E-state index in [1.807, 2.05) is 0 Å². The summed E-state index contributed by atoms with van der Waals surface area (Å²) in [5.74, 6) is -0.116. The molecule has 0 saturated heterocycles. The molecule has 0 radical (unpaired) electrons. The molecule has 1 aliphatic heterocycles. The highest BCUT2D eigenvalue weighted by atomic mass is 16.5. The number of hydrogen-bond donors (Lipinski definition) is 4. The molecule has 0 spiro atoms. The summed E-state index contributed by atoms with van der Waals surface area (Å²) < 4.78 is 17.0. The monoisotopic (exact) mass is 540 g/mol. The Hall–Kier alpha value is -3.34. The minimum atomic E-state index is -1.15. The van der Waals surface area contributed by atoms with E-state index in [1.54, 1.807) is 35.4 Å². The second-order valence-corrected chi connectivity index (χ2v) is 10.5. The SMILES string of the molecule is COc1cc(CO)cc2c1OC1C2C(C(=O)NCCO)=CC(N(Cc2ccoc2)C(=O)CC2CCCC2)C1O. The molecule has 5 rings (SSSR count). The maximum absolute atomic E-state index is 13.7. The van der Waals surface area contributed by atoms with E-state index in [2.05, 4.69) is 5.32 Å². The fraction of sp³-hybridized carbons (Fsp3) is 0.517. The Labute approximate surface area is 227 Å². The maximum atomic E-state index is 13.7.